The Morgan fingerprint density at radius 3 is 2.76 bits per heavy atom. The Morgan fingerprint density at radius 1 is 1.38 bits per heavy atom. The lowest BCUT2D eigenvalue weighted by molar-refractivity contribution is 0.416. The summed E-state index contributed by atoms with van der Waals surface area (Å²) in [5.74, 6) is 0.670. The maximum absolute atomic E-state index is 12.2. The minimum absolute atomic E-state index is 0.0865. The molecule has 0 atom stereocenters. The smallest absolute Gasteiger partial charge is 0.271 e. The summed E-state index contributed by atoms with van der Waals surface area (Å²) < 4.78 is 6.80. The Morgan fingerprint density at radius 2 is 2.14 bits per heavy atom. The monoisotopic (exact) mass is 307 g/mol. The van der Waals surface area contributed by atoms with Crippen LogP contribution >= 0.6 is 11.6 Å². The normalized spacial score (nSPS) is 10.7. The van der Waals surface area contributed by atoms with Crippen molar-refractivity contribution in [2.75, 3.05) is 14.2 Å². The molecule has 6 heteroatoms. The fraction of sp³-hybridized carbons (Fsp3) is 0.333. The largest absolute Gasteiger partial charge is 0.496 e. The second-order valence-corrected chi connectivity index (χ2v) is 4.99. The number of halogens is 1. The molecule has 21 heavy (non-hydrogen) atoms. The molecule has 1 aromatic carbocycles. The van der Waals surface area contributed by atoms with Gasteiger partial charge < -0.3 is 10.1 Å². The highest BCUT2D eigenvalue weighted by molar-refractivity contribution is 6.30. The standard InChI is InChI=1S/C15H18ClN3O2/c1-4-19-15(20)10(9-17-2)7-13(18-19)12-8-11(16)5-6-14(12)21-3/h5-8,17H,4,9H2,1-3H3. The predicted octanol–water partition coefficient (Wildman–Crippen LogP) is 2.31. The number of ether oxygens (including phenoxy) is 1. The predicted molar refractivity (Wildman–Crippen MR) is 83.9 cm³/mol. The highest BCUT2D eigenvalue weighted by Gasteiger charge is 2.13. The molecular weight excluding hydrogens is 290 g/mol. The van der Waals surface area contributed by atoms with Crippen LogP contribution in [-0.4, -0.2) is 23.9 Å². The summed E-state index contributed by atoms with van der Waals surface area (Å²) in [5, 5.41) is 7.98. The molecule has 0 aliphatic heterocycles. The molecule has 0 unspecified atom stereocenters. The molecule has 2 rings (SSSR count). The molecule has 0 radical (unpaired) electrons. The summed E-state index contributed by atoms with van der Waals surface area (Å²) in [6.07, 6.45) is 0. The van der Waals surface area contributed by atoms with Gasteiger partial charge in [-0.3, -0.25) is 4.79 Å². The summed E-state index contributed by atoms with van der Waals surface area (Å²) in [6, 6.07) is 7.11. The van der Waals surface area contributed by atoms with Crippen molar-refractivity contribution in [2.45, 2.75) is 20.0 Å². The third-order valence-electron chi connectivity index (χ3n) is 3.15. The van der Waals surface area contributed by atoms with Crippen molar-refractivity contribution < 1.29 is 4.74 Å². The first-order valence-electron chi connectivity index (χ1n) is 6.70. The number of benzene rings is 1. The molecule has 0 spiro atoms. The van der Waals surface area contributed by atoms with Crippen LogP contribution in [-0.2, 0) is 13.1 Å². The van der Waals surface area contributed by atoms with Gasteiger partial charge in [-0.05, 0) is 38.2 Å². The minimum Gasteiger partial charge on any atom is -0.496 e. The van der Waals surface area contributed by atoms with Gasteiger partial charge in [0.2, 0.25) is 0 Å². The van der Waals surface area contributed by atoms with Crippen molar-refractivity contribution >= 4 is 11.6 Å². The Labute approximate surface area is 128 Å². The molecule has 1 N–H and O–H groups in total. The van der Waals surface area contributed by atoms with Crippen LogP contribution in [0.3, 0.4) is 0 Å². The Balaban J connectivity index is 2.66. The van der Waals surface area contributed by atoms with E-state index in [0.717, 1.165) is 5.56 Å². The Bertz CT molecular complexity index is 698. The van der Waals surface area contributed by atoms with Gasteiger partial charge in [0.25, 0.3) is 5.56 Å². The molecule has 5 nitrogen and oxygen atoms in total. The van der Waals surface area contributed by atoms with E-state index in [0.29, 0.717) is 35.1 Å². The second kappa shape index (κ2) is 6.74. The van der Waals surface area contributed by atoms with Gasteiger partial charge in [-0.2, -0.15) is 5.10 Å². The summed E-state index contributed by atoms with van der Waals surface area (Å²) in [6.45, 7) is 2.88. The van der Waals surface area contributed by atoms with Crippen molar-refractivity contribution in [2.24, 2.45) is 0 Å². The van der Waals surface area contributed by atoms with E-state index in [4.69, 9.17) is 16.3 Å². The molecule has 1 aromatic heterocycles. The van der Waals surface area contributed by atoms with Crippen LogP contribution in [0.15, 0.2) is 29.1 Å². The molecule has 1 heterocycles. The quantitative estimate of drug-likeness (QED) is 0.921. The molecule has 112 valence electrons. The highest BCUT2D eigenvalue weighted by Crippen LogP contribution is 2.31. The first-order chi connectivity index (χ1) is 10.1. The molecule has 0 saturated heterocycles. The number of rotatable bonds is 5. The van der Waals surface area contributed by atoms with Gasteiger partial charge in [0, 0.05) is 29.2 Å². The van der Waals surface area contributed by atoms with Crippen molar-refractivity contribution in [3.05, 3.63) is 45.2 Å². The summed E-state index contributed by atoms with van der Waals surface area (Å²) in [7, 11) is 3.40. The fourth-order valence-corrected chi connectivity index (χ4v) is 2.31. The number of nitrogens with zero attached hydrogens (tertiary/aromatic N) is 2. The number of aryl methyl sites for hydroxylation is 1. The molecular formula is C15H18ClN3O2. The van der Waals surface area contributed by atoms with E-state index in [-0.39, 0.29) is 5.56 Å². The second-order valence-electron chi connectivity index (χ2n) is 4.55. The van der Waals surface area contributed by atoms with E-state index in [1.807, 2.05) is 6.92 Å². The Kier molecular flexibility index (Phi) is 4.98. The summed E-state index contributed by atoms with van der Waals surface area (Å²) >= 11 is 6.07. The summed E-state index contributed by atoms with van der Waals surface area (Å²) in [5.41, 5.74) is 2.01. The van der Waals surface area contributed by atoms with Crippen LogP contribution in [0.25, 0.3) is 11.3 Å². The van der Waals surface area contributed by atoms with Crippen LogP contribution < -0.4 is 15.6 Å². The lowest BCUT2D eigenvalue weighted by Gasteiger charge is -2.12. The number of methoxy groups -OCH3 is 1. The SMILES string of the molecule is CCn1nc(-c2cc(Cl)ccc2OC)cc(CNC)c1=O. The zero-order valence-corrected chi connectivity index (χ0v) is 13.1. The van der Waals surface area contributed by atoms with Gasteiger partial charge in [-0.1, -0.05) is 11.6 Å². The van der Waals surface area contributed by atoms with Gasteiger partial charge in [-0.15, -0.1) is 0 Å². The van der Waals surface area contributed by atoms with Crippen LogP contribution in [0.2, 0.25) is 5.02 Å². The number of aromatic nitrogens is 2. The van der Waals surface area contributed by atoms with Crippen molar-refractivity contribution in [1.82, 2.24) is 15.1 Å². The molecule has 0 fully saturated rings. The zero-order chi connectivity index (χ0) is 15.4. The maximum atomic E-state index is 12.2. The maximum Gasteiger partial charge on any atom is 0.271 e. The first kappa shape index (κ1) is 15.5. The lowest BCUT2D eigenvalue weighted by atomic mass is 10.1. The van der Waals surface area contributed by atoms with Crippen molar-refractivity contribution in [1.29, 1.82) is 0 Å². The van der Waals surface area contributed by atoms with Gasteiger partial charge in [-0.25, -0.2) is 4.68 Å². The summed E-state index contributed by atoms with van der Waals surface area (Å²) in [4.78, 5) is 12.2. The molecule has 0 saturated carbocycles. The lowest BCUT2D eigenvalue weighted by Crippen LogP contribution is -2.28. The number of hydrogen-bond acceptors (Lipinski definition) is 4. The van der Waals surface area contributed by atoms with E-state index >= 15 is 0 Å². The van der Waals surface area contributed by atoms with Crippen LogP contribution in [0, 0.1) is 0 Å². The van der Waals surface area contributed by atoms with E-state index in [1.165, 1.54) is 4.68 Å². The molecule has 0 aliphatic rings. The van der Waals surface area contributed by atoms with Crippen molar-refractivity contribution in [3.8, 4) is 17.0 Å². The number of hydrogen-bond donors (Lipinski definition) is 1. The average molecular weight is 308 g/mol. The van der Waals surface area contributed by atoms with Gasteiger partial charge >= 0.3 is 0 Å². The van der Waals surface area contributed by atoms with E-state index in [9.17, 15) is 4.79 Å². The number of nitrogens with one attached hydrogen (secondary N) is 1. The zero-order valence-electron chi connectivity index (χ0n) is 12.3. The molecule has 0 aliphatic carbocycles. The Hall–Kier alpha value is -1.85. The topological polar surface area (TPSA) is 56.1 Å². The average Bonchev–Trinajstić information content (AvgIpc) is 2.49. The highest BCUT2D eigenvalue weighted by atomic mass is 35.5. The van der Waals surface area contributed by atoms with Gasteiger partial charge in [0.05, 0.1) is 12.8 Å². The van der Waals surface area contributed by atoms with Crippen molar-refractivity contribution in [3.63, 3.8) is 0 Å². The molecule has 0 amide bonds. The molecule has 2 aromatic rings. The van der Waals surface area contributed by atoms with E-state index in [1.54, 1.807) is 38.4 Å². The third kappa shape index (κ3) is 3.25. The van der Waals surface area contributed by atoms with Gasteiger partial charge in [0.1, 0.15) is 5.75 Å². The van der Waals surface area contributed by atoms with E-state index < -0.39 is 0 Å². The minimum atomic E-state index is -0.0865. The third-order valence-corrected chi connectivity index (χ3v) is 3.39. The van der Waals surface area contributed by atoms with Crippen LogP contribution in [0.1, 0.15) is 12.5 Å². The fourth-order valence-electron chi connectivity index (χ4n) is 2.14. The van der Waals surface area contributed by atoms with Gasteiger partial charge in [0.15, 0.2) is 0 Å². The van der Waals surface area contributed by atoms with E-state index in [2.05, 4.69) is 10.4 Å². The first-order valence-corrected chi connectivity index (χ1v) is 7.08. The molecule has 0 bridgehead atoms. The van der Waals surface area contributed by atoms with Crippen LogP contribution in [0.5, 0.6) is 5.75 Å². The van der Waals surface area contributed by atoms with Crippen LogP contribution in [0.4, 0.5) is 0 Å².